The van der Waals surface area contributed by atoms with Crippen LogP contribution in [0.3, 0.4) is 0 Å². The second-order valence-corrected chi connectivity index (χ2v) is 6.61. The smallest absolute Gasteiger partial charge is 0.0253 e. The van der Waals surface area contributed by atoms with E-state index in [1.165, 1.54) is 55.0 Å². The molecule has 3 heteroatoms. The summed E-state index contributed by atoms with van der Waals surface area (Å²) in [4.78, 5) is 0. The lowest BCUT2D eigenvalue weighted by molar-refractivity contribution is 0.352. The van der Waals surface area contributed by atoms with E-state index in [1.807, 2.05) is 0 Å². The van der Waals surface area contributed by atoms with E-state index < -0.39 is 0 Å². The average molecular weight is 325 g/mol. The molecule has 1 aliphatic rings. The molecule has 3 N–H and O–H groups in total. The summed E-state index contributed by atoms with van der Waals surface area (Å²) in [5.74, 6) is 6.61. The van der Waals surface area contributed by atoms with Crippen molar-refractivity contribution in [2.75, 3.05) is 0 Å². The summed E-state index contributed by atoms with van der Waals surface area (Å²) in [5.41, 5.74) is 4.37. The fraction of sp³-hybridized carbons (Fsp3) is 0.625. The first-order chi connectivity index (χ1) is 9.29. The van der Waals surface area contributed by atoms with Crippen LogP contribution in [-0.2, 0) is 6.42 Å². The molecule has 19 heavy (non-hydrogen) atoms. The second-order valence-electron chi connectivity index (χ2n) is 5.75. The Hall–Kier alpha value is -0.380. The van der Waals surface area contributed by atoms with Crippen LogP contribution in [0.2, 0.25) is 0 Å². The van der Waals surface area contributed by atoms with Crippen molar-refractivity contribution in [2.24, 2.45) is 11.8 Å². The Balaban J connectivity index is 1.90. The molecule has 1 unspecified atom stereocenters. The fourth-order valence-corrected chi connectivity index (χ4v) is 3.59. The number of benzene rings is 1. The predicted molar refractivity (Wildman–Crippen MR) is 84.8 cm³/mol. The van der Waals surface area contributed by atoms with Crippen LogP contribution in [0.5, 0.6) is 0 Å². The van der Waals surface area contributed by atoms with Gasteiger partial charge in [0.05, 0.1) is 0 Å². The van der Waals surface area contributed by atoms with Crippen LogP contribution in [0, 0.1) is 5.92 Å². The number of hydrogen-bond donors (Lipinski definition) is 2. The fourth-order valence-electron chi connectivity index (χ4n) is 3.14. The molecule has 0 aromatic heterocycles. The van der Waals surface area contributed by atoms with E-state index in [9.17, 15) is 0 Å². The topological polar surface area (TPSA) is 38.0 Å². The zero-order valence-electron chi connectivity index (χ0n) is 11.6. The Morgan fingerprint density at radius 1 is 1.16 bits per heavy atom. The van der Waals surface area contributed by atoms with Gasteiger partial charge >= 0.3 is 0 Å². The van der Waals surface area contributed by atoms with Gasteiger partial charge in [-0.15, -0.1) is 0 Å². The summed E-state index contributed by atoms with van der Waals surface area (Å²) in [7, 11) is 0. The van der Waals surface area contributed by atoms with Gasteiger partial charge < -0.3 is 0 Å². The van der Waals surface area contributed by atoms with Crippen molar-refractivity contribution in [1.82, 2.24) is 5.43 Å². The van der Waals surface area contributed by atoms with E-state index in [-0.39, 0.29) is 0 Å². The largest absolute Gasteiger partial charge is 0.271 e. The Bertz CT molecular complexity index is 373. The van der Waals surface area contributed by atoms with Crippen LogP contribution in [0.4, 0.5) is 0 Å². The predicted octanol–water partition coefficient (Wildman–Crippen LogP) is 4.18. The van der Waals surface area contributed by atoms with Crippen LogP contribution < -0.4 is 11.3 Å². The molecule has 1 atom stereocenters. The lowest BCUT2D eigenvalue weighted by Crippen LogP contribution is -2.38. The Labute approximate surface area is 125 Å². The van der Waals surface area contributed by atoms with Gasteiger partial charge in [-0.05, 0) is 30.4 Å². The molecule has 2 rings (SSSR count). The molecule has 0 amide bonds. The molecule has 1 aliphatic carbocycles. The summed E-state index contributed by atoms with van der Waals surface area (Å²) < 4.78 is 1.19. The van der Waals surface area contributed by atoms with Gasteiger partial charge in [0.25, 0.3) is 0 Å². The highest BCUT2D eigenvalue weighted by molar-refractivity contribution is 9.10. The molecule has 1 aromatic carbocycles. The molecule has 0 aliphatic heterocycles. The molecule has 1 saturated carbocycles. The van der Waals surface area contributed by atoms with Gasteiger partial charge in [0, 0.05) is 10.5 Å². The van der Waals surface area contributed by atoms with Crippen molar-refractivity contribution in [2.45, 2.75) is 57.4 Å². The second kappa shape index (κ2) is 8.03. The van der Waals surface area contributed by atoms with Crippen molar-refractivity contribution in [3.8, 4) is 0 Å². The van der Waals surface area contributed by atoms with Crippen LogP contribution in [0.25, 0.3) is 0 Å². The Morgan fingerprint density at radius 3 is 2.47 bits per heavy atom. The SMILES string of the molecule is NNC(Cc1ccccc1Br)CC1CCCCCC1. The van der Waals surface area contributed by atoms with Gasteiger partial charge in [-0.3, -0.25) is 11.3 Å². The van der Waals surface area contributed by atoms with Crippen LogP contribution in [-0.4, -0.2) is 6.04 Å². The highest BCUT2D eigenvalue weighted by atomic mass is 79.9. The number of rotatable bonds is 5. The number of halogens is 1. The molecule has 0 spiro atoms. The Morgan fingerprint density at radius 2 is 1.84 bits per heavy atom. The lowest BCUT2D eigenvalue weighted by Gasteiger charge is -2.22. The van der Waals surface area contributed by atoms with Crippen LogP contribution >= 0.6 is 15.9 Å². The van der Waals surface area contributed by atoms with E-state index in [1.54, 1.807) is 0 Å². The van der Waals surface area contributed by atoms with Gasteiger partial charge in [-0.25, -0.2) is 0 Å². The third-order valence-corrected chi connectivity index (χ3v) is 5.03. The van der Waals surface area contributed by atoms with Gasteiger partial charge in [0.2, 0.25) is 0 Å². The van der Waals surface area contributed by atoms with Crippen molar-refractivity contribution >= 4 is 15.9 Å². The lowest BCUT2D eigenvalue weighted by atomic mass is 9.90. The van der Waals surface area contributed by atoms with E-state index in [0.717, 1.165) is 12.3 Å². The molecule has 1 fully saturated rings. The van der Waals surface area contributed by atoms with Crippen LogP contribution in [0.15, 0.2) is 28.7 Å². The highest BCUT2D eigenvalue weighted by Gasteiger charge is 2.18. The number of hydrogen-bond acceptors (Lipinski definition) is 2. The number of hydrazine groups is 1. The molecule has 2 nitrogen and oxygen atoms in total. The first-order valence-electron chi connectivity index (χ1n) is 7.49. The highest BCUT2D eigenvalue weighted by Crippen LogP contribution is 2.28. The molecule has 0 saturated heterocycles. The summed E-state index contributed by atoms with van der Waals surface area (Å²) in [6, 6.07) is 8.83. The summed E-state index contributed by atoms with van der Waals surface area (Å²) >= 11 is 3.62. The number of nitrogens with two attached hydrogens (primary N) is 1. The van der Waals surface area contributed by atoms with Crippen molar-refractivity contribution in [3.05, 3.63) is 34.3 Å². The first-order valence-corrected chi connectivity index (χ1v) is 8.28. The molecular weight excluding hydrogens is 300 g/mol. The summed E-state index contributed by atoms with van der Waals surface area (Å²) in [6.45, 7) is 0. The summed E-state index contributed by atoms with van der Waals surface area (Å²) in [6.07, 6.45) is 10.6. The molecule has 0 heterocycles. The van der Waals surface area contributed by atoms with Crippen molar-refractivity contribution < 1.29 is 0 Å². The third-order valence-electron chi connectivity index (χ3n) is 4.25. The maximum atomic E-state index is 5.76. The molecule has 0 bridgehead atoms. The van der Waals surface area contributed by atoms with Crippen molar-refractivity contribution in [3.63, 3.8) is 0 Å². The van der Waals surface area contributed by atoms with Gasteiger partial charge in [0.1, 0.15) is 0 Å². The quantitative estimate of drug-likeness (QED) is 0.484. The van der Waals surface area contributed by atoms with Gasteiger partial charge in [0.15, 0.2) is 0 Å². The average Bonchev–Trinajstić information content (AvgIpc) is 2.69. The number of nitrogens with one attached hydrogen (secondary N) is 1. The third kappa shape index (κ3) is 4.90. The summed E-state index contributed by atoms with van der Waals surface area (Å²) in [5, 5.41) is 0. The maximum absolute atomic E-state index is 5.76. The standard InChI is InChI=1S/C16H25BrN2/c17-16-10-6-5-9-14(16)12-15(19-18)11-13-7-3-1-2-4-8-13/h5-6,9-10,13,15,19H,1-4,7-8,11-12,18H2. The molecular formula is C16H25BrN2. The first kappa shape index (κ1) is 15.0. The van der Waals surface area contributed by atoms with Gasteiger partial charge in [-0.2, -0.15) is 0 Å². The van der Waals surface area contributed by atoms with E-state index in [4.69, 9.17) is 5.84 Å². The van der Waals surface area contributed by atoms with Gasteiger partial charge in [-0.1, -0.05) is 72.7 Å². The molecule has 0 radical (unpaired) electrons. The maximum Gasteiger partial charge on any atom is 0.0253 e. The minimum Gasteiger partial charge on any atom is -0.271 e. The molecule has 1 aromatic rings. The Kier molecular flexibility index (Phi) is 6.35. The minimum atomic E-state index is 0.391. The zero-order valence-corrected chi connectivity index (χ0v) is 13.2. The van der Waals surface area contributed by atoms with Crippen molar-refractivity contribution in [1.29, 1.82) is 0 Å². The minimum absolute atomic E-state index is 0.391. The monoisotopic (exact) mass is 324 g/mol. The van der Waals surface area contributed by atoms with Crippen LogP contribution in [0.1, 0.15) is 50.5 Å². The zero-order chi connectivity index (χ0) is 13.5. The van der Waals surface area contributed by atoms with E-state index in [0.29, 0.717) is 6.04 Å². The normalized spacial score (nSPS) is 19.1. The molecule has 106 valence electrons. The van der Waals surface area contributed by atoms with E-state index in [2.05, 4.69) is 45.6 Å². The van der Waals surface area contributed by atoms with E-state index >= 15 is 0 Å².